The van der Waals surface area contributed by atoms with Crippen molar-refractivity contribution in [3.05, 3.63) is 33.8 Å². The molecule has 0 amide bonds. The zero-order valence-electron chi connectivity index (χ0n) is 13.4. The van der Waals surface area contributed by atoms with Crippen molar-refractivity contribution < 1.29 is 9.84 Å². The Balaban J connectivity index is 1.57. The van der Waals surface area contributed by atoms with Crippen LogP contribution in [0.5, 0.6) is 0 Å². The Labute approximate surface area is 148 Å². The van der Waals surface area contributed by atoms with E-state index in [2.05, 4.69) is 4.90 Å². The van der Waals surface area contributed by atoms with Crippen LogP contribution in [-0.4, -0.2) is 41.5 Å². The number of aliphatic hydroxyl groups is 1. The molecule has 0 radical (unpaired) electrons. The van der Waals surface area contributed by atoms with Gasteiger partial charge in [-0.25, -0.2) is 0 Å². The molecule has 1 N–H and O–H groups in total. The number of hydrogen-bond acceptors (Lipinski definition) is 3. The van der Waals surface area contributed by atoms with Gasteiger partial charge in [-0.3, -0.25) is 4.90 Å². The first-order chi connectivity index (χ1) is 11.2. The van der Waals surface area contributed by atoms with Crippen LogP contribution in [0.1, 0.15) is 44.1 Å². The van der Waals surface area contributed by atoms with E-state index >= 15 is 0 Å². The van der Waals surface area contributed by atoms with Crippen LogP contribution in [0.2, 0.25) is 10.0 Å². The van der Waals surface area contributed by atoms with Crippen LogP contribution in [0, 0.1) is 0 Å². The van der Waals surface area contributed by atoms with Crippen LogP contribution in [-0.2, 0) is 11.2 Å². The maximum absolute atomic E-state index is 10.3. The standard InChI is InChI=1S/C18H25Cl2NO2/c19-15-7-4-8-16(20)14(15)10-12-23-18-17(22)9-11-21(18)13-5-2-1-3-6-13/h4,7-8,13,17-18,22H,1-3,5-6,9-12H2/t17?,18-/m0/s1. The molecule has 1 saturated heterocycles. The van der Waals surface area contributed by atoms with Crippen molar-refractivity contribution in [2.45, 2.75) is 63.3 Å². The summed E-state index contributed by atoms with van der Waals surface area (Å²) in [5.74, 6) is 0. The molecule has 128 valence electrons. The first-order valence-corrected chi connectivity index (χ1v) is 9.40. The first kappa shape index (κ1) is 17.5. The average molecular weight is 358 g/mol. The molecular formula is C18H25Cl2NO2. The summed E-state index contributed by atoms with van der Waals surface area (Å²) in [5.41, 5.74) is 0.924. The van der Waals surface area contributed by atoms with Crippen molar-refractivity contribution in [3.63, 3.8) is 0 Å². The molecule has 2 fully saturated rings. The van der Waals surface area contributed by atoms with E-state index in [0.29, 0.717) is 29.1 Å². The monoisotopic (exact) mass is 357 g/mol. The van der Waals surface area contributed by atoms with Gasteiger partial charge in [0.25, 0.3) is 0 Å². The Hall–Kier alpha value is -0.320. The van der Waals surface area contributed by atoms with Gasteiger partial charge in [-0.15, -0.1) is 0 Å². The molecule has 1 aliphatic heterocycles. The largest absolute Gasteiger partial charge is 0.389 e. The van der Waals surface area contributed by atoms with E-state index in [-0.39, 0.29) is 6.23 Å². The highest BCUT2D eigenvalue weighted by atomic mass is 35.5. The minimum atomic E-state index is -0.390. The number of likely N-dealkylation sites (tertiary alicyclic amines) is 1. The number of aliphatic hydroxyl groups excluding tert-OH is 1. The van der Waals surface area contributed by atoms with Crippen LogP contribution in [0.25, 0.3) is 0 Å². The zero-order valence-corrected chi connectivity index (χ0v) is 14.9. The molecule has 0 spiro atoms. The lowest BCUT2D eigenvalue weighted by Gasteiger charge is -2.35. The Bertz CT molecular complexity index is 499. The van der Waals surface area contributed by atoms with Crippen molar-refractivity contribution >= 4 is 23.2 Å². The third kappa shape index (κ3) is 4.21. The maximum atomic E-state index is 10.3. The molecule has 0 aromatic heterocycles. The van der Waals surface area contributed by atoms with E-state index in [1.807, 2.05) is 18.2 Å². The van der Waals surface area contributed by atoms with Gasteiger partial charge in [-0.1, -0.05) is 48.5 Å². The van der Waals surface area contributed by atoms with Crippen LogP contribution < -0.4 is 0 Å². The van der Waals surface area contributed by atoms with E-state index < -0.39 is 6.10 Å². The van der Waals surface area contributed by atoms with Gasteiger partial charge in [0, 0.05) is 22.6 Å². The second kappa shape index (κ2) is 8.17. The normalized spacial score (nSPS) is 26.7. The summed E-state index contributed by atoms with van der Waals surface area (Å²) in [6.45, 7) is 1.46. The Morgan fingerprint density at radius 3 is 2.48 bits per heavy atom. The summed E-state index contributed by atoms with van der Waals surface area (Å²) in [6.07, 6.45) is 7.26. The lowest BCUT2D eigenvalue weighted by atomic mass is 9.94. The summed E-state index contributed by atoms with van der Waals surface area (Å²) in [5, 5.41) is 11.6. The van der Waals surface area contributed by atoms with Crippen molar-refractivity contribution in [2.24, 2.45) is 0 Å². The van der Waals surface area contributed by atoms with Crippen molar-refractivity contribution in [2.75, 3.05) is 13.2 Å². The van der Waals surface area contributed by atoms with Crippen LogP contribution in [0.3, 0.4) is 0 Å². The average Bonchev–Trinajstić information content (AvgIpc) is 2.92. The predicted octanol–water partition coefficient (Wildman–Crippen LogP) is 4.28. The van der Waals surface area contributed by atoms with Gasteiger partial charge >= 0.3 is 0 Å². The molecular weight excluding hydrogens is 333 g/mol. The van der Waals surface area contributed by atoms with E-state index in [1.54, 1.807) is 0 Å². The number of benzene rings is 1. The molecule has 23 heavy (non-hydrogen) atoms. The van der Waals surface area contributed by atoms with Gasteiger partial charge in [0.2, 0.25) is 0 Å². The molecule has 1 saturated carbocycles. The number of rotatable bonds is 5. The van der Waals surface area contributed by atoms with Gasteiger partial charge in [-0.2, -0.15) is 0 Å². The minimum absolute atomic E-state index is 0.181. The third-order valence-corrected chi connectivity index (χ3v) is 5.79. The summed E-state index contributed by atoms with van der Waals surface area (Å²) in [7, 11) is 0. The quantitative estimate of drug-likeness (QED) is 0.853. The van der Waals surface area contributed by atoms with Crippen molar-refractivity contribution in [1.82, 2.24) is 4.90 Å². The predicted molar refractivity (Wildman–Crippen MR) is 94.1 cm³/mol. The zero-order chi connectivity index (χ0) is 16.2. The highest BCUT2D eigenvalue weighted by Gasteiger charge is 2.38. The van der Waals surface area contributed by atoms with Crippen molar-refractivity contribution in [3.8, 4) is 0 Å². The molecule has 0 bridgehead atoms. The molecule has 3 nitrogen and oxygen atoms in total. The highest BCUT2D eigenvalue weighted by molar-refractivity contribution is 6.35. The SMILES string of the molecule is OC1CCN(C2CCCCC2)[C@H]1OCCc1c(Cl)cccc1Cl. The molecule has 5 heteroatoms. The molecule has 3 rings (SSSR count). The fourth-order valence-corrected chi connectivity index (χ4v) is 4.42. The van der Waals surface area contributed by atoms with Gasteiger partial charge < -0.3 is 9.84 Å². The number of halogens is 2. The molecule has 2 atom stereocenters. The van der Waals surface area contributed by atoms with E-state index in [0.717, 1.165) is 18.5 Å². The van der Waals surface area contributed by atoms with Crippen LogP contribution in [0.15, 0.2) is 18.2 Å². The Morgan fingerprint density at radius 2 is 1.78 bits per heavy atom. The van der Waals surface area contributed by atoms with Crippen LogP contribution in [0.4, 0.5) is 0 Å². The fraction of sp³-hybridized carbons (Fsp3) is 0.667. The molecule has 1 unspecified atom stereocenters. The first-order valence-electron chi connectivity index (χ1n) is 8.65. The van der Waals surface area contributed by atoms with Gasteiger partial charge in [-0.05, 0) is 43.4 Å². The van der Waals surface area contributed by atoms with Gasteiger partial charge in [0.1, 0.15) is 6.23 Å². The van der Waals surface area contributed by atoms with Gasteiger partial charge in [0.15, 0.2) is 0 Å². The minimum Gasteiger partial charge on any atom is -0.389 e. The van der Waals surface area contributed by atoms with E-state index in [1.165, 1.54) is 32.1 Å². The smallest absolute Gasteiger partial charge is 0.137 e. The van der Waals surface area contributed by atoms with Crippen molar-refractivity contribution in [1.29, 1.82) is 0 Å². The van der Waals surface area contributed by atoms with Gasteiger partial charge in [0.05, 0.1) is 12.7 Å². The lowest BCUT2D eigenvalue weighted by Crippen LogP contribution is -2.45. The second-order valence-electron chi connectivity index (χ2n) is 6.60. The Morgan fingerprint density at radius 1 is 1.09 bits per heavy atom. The summed E-state index contributed by atoms with van der Waals surface area (Å²) < 4.78 is 6.05. The summed E-state index contributed by atoms with van der Waals surface area (Å²) >= 11 is 12.4. The van der Waals surface area contributed by atoms with E-state index in [4.69, 9.17) is 27.9 Å². The lowest BCUT2D eigenvalue weighted by molar-refractivity contribution is -0.104. The number of hydrogen-bond donors (Lipinski definition) is 1. The molecule has 2 aliphatic rings. The number of nitrogens with zero attached hydrogens (tertiary/aromatic N) is 1. The third-order valence-electron chi connectivity index (χ3n) is 5.09. The fourth-order valence-electron chi connectivity index (χ4n) is 3.83. The topological polar surface area (TPSA) is 32.7 Å². The van der Waals surface area contributed by atoms with E-state index in [9.17, 15) is 5.11 Å². The maximum Gasteiger partial charge on any atom is 0.137 e. The molecule has 1 aromatic rings. The Kier molecular flexibility index (Phi) is 6.22. The summed E-state index contributed by atoms with van der Waals surface area (Å²) in [6, 6.07) is 6.11. The second-order valence-corrected chi connectivity index (χ2v) is 7.41. The highest BCUT2D eigenvalue weighted by Crippen LogP contribution is 2.30. The summed E-state index contributed by atoms with van der Waals surface area (Å²) in [4.78, 5) is 2.37. The van der Waals surface area contributed by atoms with Crippen LogP contribution >= 0.6 is 23.2 Å². The molecule has 1 heterocycles. The molecule has 1 aliphatic carbocycles. The molecule has 1 aromatic carbocycles. The number of ether oxygens (including phenoxy) is 1.